The third-order valence-corrected chi connectivity index (χ3v) is 3.86. The van der Waals surface area contributed by atoms with E-state index in [2.05, 4.69) is 0 Å². The molecule has 0 aromatic heterocycles. The summed E-state index contributed by atoms with van der Waals surface area (Å²) in [6.45, 7) is 0.835. The van der Waals surface area contributed by atoms with Crippen LogP contribution in [-0.2, 0) is 4.74 Å². The average Bonchev–Trinajstić information content (AvgIpc) is 2.83. The highest BCUT2D eigenvalue weighted by molar-refractivity contribution is 14.1. The number of hydrogen-bond acceptors (Lipinski definition) is 2. The molecule has 2 rings (SSSR count). The largest absolute Gasteiger partial charge is 0.380 e. The van der Waals surface area contributed by atoms with Crippen LogP contribution in [0.25, 0.3) is 0 Å². The molecule has 1 aliphatic heterocycles. The van der Waals surface area contributed by atoms with Crippen molar-refractivity contribution in [2.45, 2.75) is 12.5 Å². The SMILES string of the molecule is COC1CCN(C(=O)c2c(F)ccc(I)c2F)C1. The van der Waals surface area contributed by atoms with Gasteiger partial charge in [-0.2, -0.15) is 0 Å². The molecule has 0 spiro atoms. The first kappa shape index (κ1) is 13.7. The number of nitrogens with zero attached hydrogens (tertiary/aromatic N) is 1. The molecule has 0 saturated carbocycles. The van der Waals surface area contributed by atoms with Gasteiger partial charge in [-0.15, -0.1) is 0 Å². The van der Waals surface area contributed by atoms with E-state index in [4.69, 9.17) is 4.74 Å². The van der Waals surface area contributed by atoms with Crippen molar-refractivity contribution < 1.29 is 18.3 Å². The molecule has 1 heterocycles. The first-order valence-electron chi connectivity index (χ1n) is 5.50. The van der Waals surface area contributed by atoms with E-state index >= 15 is 0 Å². The van der Waals surface area contributed by atoms with E-state index < -0.39 is 23.1 Å². The Bertz CT molecular complexity index is 481. The number of carbonyl (C=O) groups is 1. The lowest BCUT2D eigenvalue weighted by atomic mass is 10.1. The highest BCUT2D eigenvalue weighted by atomic mass is 127. The topological polar surface area (TPSA) is 29.5 Å². The zero-order valence-electron chi connectivity index (χ0n) is 9.75. The Kier molecular flexibility index (Phi) is 4.16. The molecule has 1 unspecified atom stereocenters. The second-order valence-electron chi connectivity index (χ2n) is 4.12. The van der Waals surface area contributed by atoms with Gasteiger partial charge in [-0.3, -0.25) is 4.79 Å². The molecule has 98 valence electrons. The maximum Gasteiger partial charge on any atom is 0.259 e. The number of methoxy groups -OCH3 is 1. The Morgan fingerprint density at radius 3 is 2.83 bits per heavy atom. The summed E-state index contributed by atoms with van der Waals surface area (Å²) in [5.41, 5.74) is -0.473. The molecule has 0 aliphatic carbocycles. The molecule has 6 heteroatoms. The third kappa shape index (κ3) is 2.49. The predicted octanol–water partition coefficient (Wildman–Crippen LogP) is 2.43. The molecule has 1 aliphatic rings. The number of amides is 1. The molecule has 1 fully saturated rings. The van der Waals surface area contributed by atoms with Crippen molar-refractivity contribution in [1.82, 2.24) is 4.90 Å². The maximum atomic E-state index is 13.8. The van der Waals surface area contributed by atoms with E-state index in [1.54, 1.807) is 29.7 Å². The van der Waals surface area contributed by atoms with Crippen molar-refractivity contribution in [3.8, 4) is 0 Å². The Labute approximate surface area is 117 Å². The molecule has 1 atom stereocenters. The minimum Gasteiger partial charge on any atom is -0.380 e. The van der Waals surface area contributed by atoms with Crippen LogP contribution in [0, 0.1) is 15.2 Å². The standard InChI is InChI=1S/C12H12F2INO2/c1-18-7-4-5-16(6-7)12(17)10-8(13)2-3-9(15)11(10)14/h2-3,7H,4-6H2,1H3. The first-order chi connectivity index (χ1) is 8.54. The normalized spacial score (nSPS) is 19.3. The van der Waals surface area contributed by atoms with E-state index in [0.717, 1.165) is 6.07 Å². The fourth-order valence-electron chi connectivity index (χ4n) is 1.99. The van der Waals surface area contributed by atoms with E-state index in [1.165, 1.54) is 11.0 Å². The van der Waals surface area contributed by atoms with Crippen LogP contribution < -0.4 is 0 Å². The lowest BCUT2D eigenvalue weighted by Crippen LogP contribution is -2.31. The molecule has 18 heavy (non-hydrogen) atoms. The van der Waals surface area contributed by atoms with Gasteiger partial charge < -0.3 is 9.64 Å². The molecule has 0 radical (unpaired) electrons. The lowest BCUT2D eigenvalue weighted by molar-refractivity contribution is 0.0715. The second kappa shape index (κ2) is 5.48. The minimum atomic E-state index is -0.821. The van der Waals surface area contributed by atoms with Gasteiger partial charge in [-0.1, -0.05) is 0 Å². The number of halogens is 3. The van der Waals surface area contributed by atoms with Gasteiger partial charge in [-0.25, -0.2) is 8.78 Å². The smallest absolute Gasteiger partial charge is 0.259 e. The van der Waals surface area contributed by atoms with E-state index in [9.17, 15) is 13.6 Å². The summed E-state index contributed by atoms with van der Waals surface area (Å²) in [5, 5.41) is 0. The van der Waals surface area contributed by atoms with E-state index in [1.807, 2.05) is 0 Å². The summed E-state index contributed by atoms with van der Waals surface area (Å²) >= 11 is 1.74. The Morgan fingerprint density at radius 2 is 2.22 bits per heavy atom. The fraction of sp³-hybridized carbons (Fsp3) is 0.417. The summed E-state index contributed by atoms with van der Waals surface area (Å²) < 4.78 is 32.8. The van der Waals surface area contributed by atoms with Crippen molar-refractivity contribution in [2.75, 3.05) is 20.2 Å². The number of ether oxygens (including phenoxy) is 1. The van der Waals surface area contributed by atoms with Crippen LogP contribution in [-0.4, -0.2) is 37.1 Å². The molecule has 1 aromatic carbocycles. The Balaban J connectivity index is 2.27. The molecule has 0 N–H and O–H groups in total. The van der Waals surface area contributed by atoms with E-state index in [-0.39, 0.29) is 9.67 Å². The molecule has 3 nitrogen and oxygen atoms in total. The fourth-order valence-corrected chi connectivity index (χ4v) is 2.44. The molecule has 1 aromatic rings. The van der Waals surface area contributed by atoms with Gasteiger partial charge in [0.05, 0.1) is 6.10 Å². The molecule has 0 bridgehead atoms. The van der Waals surface area contributed by atoms with Crippen molar-refractivity contribution in [1.29, 1.82) is 0 Å². The number of likely N-dealkylation sites (tertiary alicyclic amines) is 1. The van der Waals surface area contributed by atoms with Crippen molar-refractivity contribution >= 4 is 28.5 Å². The van der Waals surface area contributed by atoms with Crippen LogP contribution in [0.2, 0.25) is 0 Å². The summed E-state index contributed by atoms with van der Waals surface area (Å²) in [7, 11) is 1.56. The van der Waals surface area contributed by atoms with Crippen LogP contribution in [0.1, 0.15) is 16.8 Å². The summed E-state index contributed by atoms with van der Waals surface area (Å²) in [6.07, 6.45) is 0.637. The van der Waals surface area contributed by atoms with Crippen LogP contribution in [0.5, 0.6) is 0 Å². The summed E-state index contributed by atoms with van der Waals surface area (Å²) in [5.74, 6) is -2.22. The van der Waals surface area contributed by atoms with Gasteiger partial charge in [0.25, 0.3) is 5.91 Å². The Hall–Kier alpha value is -0.760. The van der Waals surface area contributed by atoms with Crippen LogP contribution in [0.4, 0.5) is 8.78 Å². The van der Waals surface area contributed by atoms with Crippen molar-refractivity contribution in [2.24, 2.45) is 0 Å². The van der Waals surface area contributed by atoms with Crippen molar-refractivity contribution in [3.63, 3.8) is 0 Å². The maximum absolute atomic E-state index is 13.8. The Morgan fingerprint density at radius 1 is 1.50 bits per heavy atom. The van der Waals surface area contributed by atoms with Crippen molar-refractivity contribution in [3.05, 3.63) is 32.9 Å². The van der Waals surface area contributed by atoms with Crippen LogP contribution in [0.15, 0.2) is 12.1 Å². The lowest BCUT2D eigenvalue weighted by Gasteiger charge is -2.17. The van der Waals surface area contributed by atoms with Crippen LogP contribution >= 0.6 is 22.6 Å². The predicted molar refractivity (Wildman–Crippen MR) is 70.4 cm³/mol. The second-order valence-corrected chi connectivity index (χ2v) is 5.28. The zero-order valence-corrected chi connectivity index (χ0v) is 11.9. The number of rotatable bonds is 2. The minimum absolute atomic E-state index is 0.0529. The van der Waals surface area contributed by atoms with Gasteiger partial charge in [0, 0.05) is 23.8 Å². The van der Waals surface area contributed by atoms with Gasteiger partial charge in [0.1, 0.15) is 11.4 Å². The summed E-state index contributed by atoms with van der Waals surface area (Å²) in [6, 6.07) is 2.42. The number of hydrogen-bond donors (Lipinski definition) is 0. The number of benzene rings is 1. The average molecular weight is 367 g/mol. The molecular formula is C12H12F2INO2. The van der Waals surface area contributed by atoms with Gasteiger partial charge in [0.15, 0.2) is 5.82 Å². The van der Waals surface area contributed by atoms with Gasteiger partial charge in [0.2, 0.25) is 0 Å². The molecular weight excluding hydrogens is 355 g/mol. The highest BCUT2D eigenvalue weighted by Crippen LogP contribution is 2.22. The number of carbonyl (C=O) groups excluding carboxylic acids is 1. The van der Waals surface area contributed by atoms with Gasteiger partial charge in [-0.05, 0) is 41.1 Å². The third-order valence-electron chi connectivity index (χ3n) is 3.02. The monoisotopic (exact) mass is 367 g/mol. The van der Waals surface area contributed by atoms with E-state index in [0.29, 0.717) is 19.5 Å². The quantitative estimate of drug-likeness (QED) is 0.594. The molecule has 1 amide bonds. The summed E-state index contributed by atoms with van der Waals surface area (Å²) in [4.78, 5) is 13.5. The van der Waals surface area contributed by atoms with Crippen LogP contribution in [0.3, 0.4) is 0 Å². The first-order valence-corrected chi connectivity index (χ1v) is 6.58. The highest BCUT2D eigenvalue weighted by Gasteiger charge is 2.30. The molecule has 1 saturated heterocycles. The van der Waals surface area contributed by atoms with Gasteiger partial charge >= 0.3 is 0 Å². The zero-order chi connectivity index (χ0) is 13.3.